The van der Waals surface area contributed by atoms with Gasteiger partial charge in [-0.05, 0) is 30.6 Å². The van der Waals surface area contributed by atoms with E-state index in [1.165, 1.54) is 38.6 Å². The Morgan fingerprint density at radius 2 is 2.00 bits per heavy atom. The minimum atomic E-state index is 0.520. The Bertz CT molecular complexity index is 163. The molecule has 0 aromatic carbocycles. The Labute approximate surface area is 89.7 Å². The fraction of sp³-hybridized carbons (Fsp3) is 1.00. The van der Waals surface area contributed by atoms with Gasteiger partial charge in [-0.3, -0.25) is 0 Å². The standard InChI is InChI=1S/C13H27N/c1-5-9-13(4,11(3)6-2)10-14-12-7-8-12/h11-12,14H,5-10H2,1-4H3. The number of rotatable bonds is 7. The van der Waals surface area contributed by atoms with E-state index in [9.17, 15) is 0 Å². The first-order chi connectivity index (χ1) is 6.62. The molecule has 1 aliphatic rings. The van der Waals surface area contributed by atoms with Gasteiger partial charge in [0, 0.05) is 12.6 Å². The third kappa shape index (κ3) is 3.27. The lowest BCUT2D eigenvalue weighted by molar-refractivity contribution is 0.170. The normalized spacial score (nSPS) is 23.1. The van der Waals surface area contributed by atoms with Crippen LogP contribution in [-0.4, -0.2) is 12.6 Å². The summed E-state index contributed by atoms with van der Waals surface area (Å²) >= 11 is 0. The highest BCUT2D eigenvalue weighted by Crippen LogP contribution is 2.34. The van der Waals surface area contributed by atoms with E-state index in [4.69, 9.17) is 0 Å². The van der Waals surface area contributed by atoms with E-state index < -0.39 is 0 Å². The summed E-state index contributed by atoms with van der Waals surface area (Å²) in [5.74, 6) is 0.841. The van der Waals surface area contributed by atoms with Crippen LogP contribution in [0.15, 0.2) is 0 Å². The van der Waals surface area contributed by atoms with Crippen LogP contribution < -0.4 is 5.32 Å². The van der Waals surface area contributed by atoms with Crippen molar-refractivity contribution in [1.82, 2.24) is 5.32 Å². The van der Waals surface area contributed by atoms with Crippen LogP contribution in [0.5, 0.6) is 0 Å². The summed E-state index contributed by atoms with van der Waals surface area (Å²) in [6.45, 7) is 10.7. The minimum absolute atomic E-state index is 0.520. The molecular formula is C13H27N. The molecule has 0 heterocycles. The molecular weight excluding hydrogens is 170 g/mol. The van der Waals surface area contributed by atoms with Crippen LogP contribution in [0.25, 0.3) is 0 Å². The largest absolute Gasteiger partial charge is 0.313 e. The zero-order valence-electron chi connectivity index (χ0n) is 10.4. The van der Waals surface area contributed by atoms with Crippen LogP contribution in [0.3, 0.4) is 0 Å². The Hall–Kier alpha value is -0.0400. The van der Waals surface area contributed by atoms with E-state index in [1.54, 1.807) is 0 Å². The summed E-state index contributed by atoms with van der Waals surface area (Å²) in [4.78, 5) is 0. The van der Waals surface area contributed by atoms with Crippen molar-refractivity contribution in [2.24, 2.45) is 11.3 Å². The van der Waals surface area contributed by atoms with Crippen LogP contribution >= 0.6 is 0 Å². The van der Waals surface area contributed by atoms with Gasteiger partial charge >= 0.3 is 0 Å². The van der Waals surface area contributed by atoms with Crippen LogP contribution in [0.2, 0.25) is 0 Å². The molecule has 0 spiro atoms. The first kappa shape index (κ1) is 12.0. The average molecular weight is 197 g/mol. The van der Waals surface area contributed by atoms with Crippen molar-refractivity contribution in [3.8, 4) is 0 Å². The van der Waals surface area contributed by atoms with Gasteiger partial charge in [-0.25, -0.2) is 0 Å². The first-order valence-electron chi connectivity index (χ1n) is 6.35. The first-order valence-corrected chi connectivity index (χ1v) is 6.35. The maximum Gasteiger partial charge on any atom is 0.00684 e. The number of hydrogen-bond donors (Lipinski definition) is 1. The summed E-state index contributed by atoms with van der Waals surface area (Å²) in [6.07, 6.45) is 6.79. The van der Waals surface area contributed by atoms with Gasteiger partial charge in [0.25, 0.3) is 0 Å². The van der Waals surface area contributed by atoms with Crippen molar-refractivity contribution in [1.29, 1.82) is 0 Å². The summed E-state index contributed by atoms with van der Waals surface area (Å²) in [6, 6.07) is 0.857. The molecule has 0 radical (unpaired) electrons. The van der Waals surface area contributed by atoms with Gasteiger partial charge in [0.15, 0.2) is 0 Å². The van der Waals surface area contributed by atoms with Crippen molar-refractivity contribution in [2.45, 2.75) is 65.8 Å². The second kappa shape index (κ2) is 5.16. The predicted molar refractivity (Wildman–Crippen MR) is 63.5 cm³/mol. The second-order valence-corrected chi connectivity index (χ2v) is 5.37. The molecule has 0 bridgehead atoms. The van der Waals surface area contributed by atoms with Crippen LogP contribution in [0, 0.1) is 11.3 Å². The molecule has 2 unspecified atom stereocenters. The van der Waals surface area contributed by atoms with Crippen LogP contribution in [0.1, 0.15) is 59.8 Å². The average Bonchev–Trinajstić information content (AvgIpc) is 2.97. The molecule has 0 aliphatic heterocycles. The van der Waals surface area contributed by atoms with Gasteiger partial charge in [-0.15, -0.1) is 0 Å². The lowest BCUT2D eigenvalue weighted by Crippen LogP contribution is -2.37. The van der Waals surface area contributed by atoms with E-state index in [1.807, 2.05) is 0 Å². The Morgan fingerprint density at radius 1 is 1.36 bits per heavy atom. The maximum atomic E-state index is 3.70. The summed E-state index contributed by atoms with van der Waals surface area (Å²) in [7, 11) is 0. The highest BCUT2D eigenvalue weighted by Gasteiger charge is 2.31. The molecule has 14 heavy (non-hydrogen) atoms. The van der Waals surface area contributed by atoms with E-state index in [-0.39, 0.29) is 0 Å². The fourth-order valence-electron chi connectivity index (χ4n) is 2.24. The van der Waals surface area contributed by atoms with E-state index in [2.05, 4.69) is 33.0 Å². The number of hydrogen-bond acceptors (Lipinski definition) is 1. The molecule has 0 amide bonds. The van der Waals surface area contributed by atoms with Gasteiger partial charge in [0.2, 0.25) is 0 Å². The van der Waals surface area contributed by atoms with Gasteiger partial charge in [-0.1, -0.05) is 40.5 Å². The highest BCUT2D eigenvalue weighted by atomic mass is 15.0. The van der Waals surface area contributed by atoms with Gasteiger partial charge < -0.3 is 5.32 Å². The molecule has 1 N–H and O–H groups in total. The van der Waals surface area contributed by atoms with Gasteiger partial charge in [0.1, 0.15) is 0 Å². The molecule has 1 aliphatic carbocycles. The molecule has 0 aromatic rings. The summed E-state index contributed by atoms with van der Waals surface area (Å²) in [5.41, 5.74) is 0.520. The van der Waals surface area contributed by atoms with Crippen molar-refractivity contribution >= 4 is 0 Å². The van der Waals surface area contributed by atoms with Crippen molar-refractivity contribution < 1.29 is 0 Å². The zero-order chi connectivity index (χ0) is 10.6. The molecule has 1 fully saturated rings. The van der Waals surface area contributed by atoms with Gasteiger partial charge in [0.05, 0.1) is 0 Å². The second-order valence-electron chi connectivity index (χ2n) is 5.37. The molecule has 1 heteroatoms. The summed E-state index contributed by atoms with van der Waals surface area (Å²) < 4.78 is 0. The number of nitrogens with one attached hydrogen (secondary N) is 1. The molecule has 1 nitrogen and oxygen atoms in total. The van der Waals surface area contributed by atoms with E-state index in [0.717, 1.165) is 12.0 Å². The highest BCUT2D eigenvalue weighted by molar-refractivity contribution is 4.87. The van der Waals surface area contributed by atoms with Crippen LogP contribution in [-0.2, 0) is 0 Å². The predicted octanol–water partition coefficient (Wildman–Crippen LogP) is 3.59. The van der Waals surface area contributed by atoms with Crippen molar-refractivity contribution in [2.75, 3.05) is 6.54 Å². The molecule has 1 rings (SSSR count). The Kier molecular flexibility index (Phi) is 4.43. The molecule has 2 atom stereocenters. The van der Waals surface area contributed by atoms with E-state index >= 15 is 0 Å². The topological polar surface area (TPSA) is 12.0 Å². The van der Waals surface area contributed by atoms with Crippen molar-refractivity contribution in [3.05, 3.63) is 0 Å². The zero-order valence-corrected chi connectivity index (χ0v) is 10.4. The van der Waals surface area contributed by atoms with Gasteiger partial charge in [-0.2, -0.15) is 0 Å². The van der Waals surface area contributed by atoms with Crippen molar-refractivity contribution in [3.63, 3.8) is 0 Å². The van der Waals surface area contributed by atoms with E-state index in [0.29, 0.717) is 5.41 Å². The van der Waals surface area contributed by atoms with Crippen LogP contribution in [0.4, 0.5) is 0 Å². The lowest BCUT2D eigenvalue weighted by atomic mass is 9.73. The minimum Gasteiger partial charge on any atom is -0.313 e. The molecule has 0 saturated heterocycles. The fourth-order valence-corrected chi connectivity index (χ4v) is 2.24. The quantitative estimate of drug-likeness (QED) is 0.657. The Morgan fingerprint density at radius 3 is 2.43 bits per heavy atom. The lowest BCUT2D eigenvalue weighted by Gasteiger charge is -2.35. The monoisotopic (exact) mass is 197 g/mol. The Balaban J connectivity index is 2.40. The smallest absolute Gasteiger partial charge is 0.00684 e. The molecule has 84 valence electrons. The maximum absolute atomic E-state index is 3.70. The molecule has 0 aromatic heterocycles. The SMILES string of the molecule is CCCC(C)(CNC1CC1)C(C)CC. The third-order valence-electron chi connectivity index (χ3n) is 4.00. The molecule has 1 saturated carbocycles. The summed E-state index contributed by atoms with van der Waals surface area (Å²) in [5, 5.41) is 3.70. The third-order valence-corrected chi connectivity index (χ3v) is 4.00.